The second-order valence-electron chi connectivity index (χ2n) is 9.55. The number of aryl methyl sites for hydroxylation is 4. The molecule has 0 heterocycles. The van der Waals surface area contributed by atoms with Crippen LogP contribution in [0.15, 0.2) is 65.1 Å². The average Bonchev–Trinajstić information content (AvgIpc) is 2.87. The van der Waals surface area contributed by atoms with Gasteiger partial charge in [0, 0.05) is 22.5 Å². The van der Waals surface area contributed by atoms with Crippen LogP contribution in [0.5, 0.6) is 0 Å². The minimum atomic E-state index is -0.651. The van der Waals surface area contributed by atoms with E-state index in [4.69, 9.17) is 4.74 Å². The summed E-state index contributed by atoms with van der Waals surface area (Å²) in [5.41, 5.74) is 5.43. The zero-order valence-electron chi connectivity index (χ0n) is 22.9. The van der Waals surface area contributed by atoms with Gasteiger partial charge in [0.1, 0.15) is 0 Å². The lowest BCUT2D eigenvalue weighted by atomic mass is 9.95. The van der Waals surface area contributed by atoms with Crippen LogP contribution in [0.25, 0.3) is 10.8 Å². The van der Waals surface area contributed by atoms with Crippen LogP contribution in [-0.2, 0) is 9.53 Å². The van der Waals surface area contributed by atoms with Gasteiger partial charge in [-0.2, -0.15) is 0 Å². The highest BCUT2D eigenvalue weighted by atomic mass is 79.9. The molecular formula is C32H31BrN2O4. The lowest BCUT2D eigenvalue weighted by Crippen LogP contribution is -2.37. The lowest BCUT2D eigenvalue weighted by Gasteiger charge is -2.26. The Bertz CT molecular complexity index is 1590. The number of anilines is 3. The van der Waals surface area contributed by atoms with Gasteiger partial charge in [-0.25, -0.2) is 9.69 Å². The van der Waals surface area contributed by atoms with Gasteiger partial charge in [0.2, 0.25) is 5.91 Å². The summed E-state index contributed by atoms with van der Waals surface area (Å²) in [7, 11) is 0. The zero-order valence-corrected chi connectivity index (χ0v) is 24.5. The maximum atomic E-state index is 14.3. The fraction of sp³-hybridized carbons (Fsp3) is 0.219. The highest BCUT2D eigenvalue weighted by molar-refractivity contribution is 9.10. The van der Waals surface area contributed by atoms with Crippen LogP contribution in [0.1, 0.15) is 56.8 Å². The Morgan fingerprint density at radius 1 is 0.846 bits per heavy atom. The molecule has 0 aliphatic carbocycles. The molecule has 0 atom stereocenters. The number of ether oxygens (including phenoxy) is 1. The van der Waals surface area contributed by atoms with E-state index in [2.05, 4.69) is 21.2 Å². The van der Waals surface area contributed by atoms with E-state index in [1.807, 2.05) is 82.3 Å². The Labute approximate surface area is 237 Å². The molecule has 0 aliphatic heterocycles. The smallest absolute Gasteiger partial charge is 0.341 e. The largest absolute Gasteiger partial charge is 0.462 e. The summed E-state index contributed by atoms with van der Waals surface area (Å²) in [6, 6.07) is 18.8. The molecule has 0 fully saturated rings. The second-order valence-corrected chi connectivity index (χ2v) is 10.5. The predicted octanol–water partition coefficient (Wildman–Crippen LogP) is 7.95. The minimum absolute atomic E-state index is 0.0765. The Morgan fingerprint density at radius 2 is 1.44 bits per heavy atom. The molecule has 0 unspecified atom stereocenters. The number of imide groups is 1. The molecule has 200 valence electrons. The molecule has 4 rings (SSSR count). The Hall–Kier alpha value is -3.97. The highest BCUT2D eigenvalue weighted by Gasteiger charge is 2.32. The SMILES string of the molecule is CCOC(=O)c1c(C(=O)N(C(C)=O)c2c(C)cccc2C)cc2ccc(Br)cc2c1Nc1c(C)cccc1C. The fourth-order valence-corrected chi connectivity index (χ4v) is 5.26. The summed E-state index contributed by atoms with van der Waals surface area (Å²) in [6.07, 6.45) is 0. The molecule has 0 spiro atoms. The van der Waals surface area contributed by atoms with E-state index in [0.717, 1.165) is 48.1 Å². The van der Waals surface area contributed by atoms with Crippen molar-refractivity contribution in [1.29, 1.82) is 0 Å². The number of nitrogens with one attached hydrogen (secondary N) is 1. The van der Waals surface area contributed by atoms with Crippen molar-refractivity contribution in [2.45, 2.75) is 41.5 Å². The van der Waals surface area contributed by atoms with E-state index in [0.29, 0.717) is 11.4 Å². The van der Waals surface area contributed by atoms with Crippen molar-refractivity contribution < 1.29 is 19.1 Å². The first-order valence-corrected chi connectivity index (χ1v) is 13.5. The molecule has 1 N–H and O–H groups in total. The summed E-state index contributed by atoms with van der Waals surface area (Å²) in [6.45, 7) is 10.8. The van der Waals surface area contributed by atoms with E-state index < -0.39 is 17.8 Å². The standard InChI is InChI=1S/C32H31BrN2O4/c1-7-39-32(38)27-26(31(37)35(22(6)36)30-20(4)12-9-13-21(30)5)16-23-14-15-24(33)17-25(23)29(27)34-28-18(2)10-8-11-19(28)3/h8-17,34H,7H2,1-6H3. The molecular weight excluding hydrogens is 556 g/mol. The molecule has 7 heteroatoms. The van der Waals surface area contributed by atoms with Crippen LogP contribution in [0, 0.1) is 27.7 Å². The maximum Gasteiger partial charge on any atom is 0.341 e. The fourth-order valence-electron chi connectivity index (χ4n) is 4.90. The number of esters is 1. The molecule has 4 aromatic rings. The molecule has 0 radical (unpaired) electrons. The van der Waals surface area contributed by atoms with Gasteiger partial charge in [-0.1, -0.05) is 58.4 Å². The molecule has 0 saturated carbocycles. The van der Waals surface area contributed by atoms with Gasteiger partial charge in [0.05, 0.1) is 29.1 Å². The number of carbonyl (C=O) groups excluding carboxylic acids is 3. The summed E-state index contributed by atoms with van der Waals surface area (Å²) in [5, 5.41) is 4.93. The Balaban J connectivity index is 2.08. The monoisotopic (exact) mass is 586 g/mol. The maximum absolute atomic E-state index is 14.3. The van der Waals surface area contributed by atoms with Crippen molar-refractivity contribution in [2.24, 2.45) is 0 Å². The molecule has 39 heavy (non-hydrogen) atoms. The van der Waals surface area contributed by atoms with Crippen LogP contribution in [-0.4, -0.2) is 24.4 Å². The summed E-state index contributed by atoms with van der Waals surface area (Å²) in [5.74, 6) is -1.70. The lowest BCUT2D eigenvalue weighted by molar-refractivity contribution is -0.116. The van der Waals surface area contributed by atoms with Crippen molar-refractivity contribution in [1.82, 2.24) is 0 Å². The van der Waals surface area contributed by atoms with Gasteiger partial charge in [-0.05, 0) is 80.5 Å². The average molecular weight is 588 g/mol. The number of hydrogen-bond acceptors (Lipinski definition) is 5. The topological polar surface area (TPSA) is 75.7 Å². The number of nitrogens with zero attached hydrogens (tertiary/aromatic N) is 1. The molecule has 0 aliphatic rings. The van der Waals surface area contributed by atoms with Crippen molar-refractivity contribution in [3.05, 3.63) is 98.5 Å². The van der Waals surface area contributed by atoms with Gasteiger partial charge in [0.15, 0.2) is 0 Å². The van der Waals surface area contributed by atoms with E-state index in [1.165, 1.54) is 6.92 Å². The molecule has 6 nitrogen and oxygen atoms in total. The minimum Gasteiger partial charge on any atom is -0.462 e. The van der Waals surface area contributed by atoms with Crippen LogP contribution in [0.3, 0.4) is 0 Å². The molecule has 0 aromatic heterocycles. The van der Waals surface area contributed by atoms with E-state index in [1.54, 1.807) is 13.0 Å². The Kier molecular flexibility index (Phi) is 8.21. The van der Waals surface area contributed by atoms with Gasteiger partial charge in [-0.3, -0.25) is 9.59 Å². The number of amides is 2. The van der Waals surface area contributed by atoms with Gasteiger partial charge in [-0.15, -0.1) is 0 Å². The molecule has 4 aromatic carbocycles. The molecule has 2 amide bonds. The van der Waals surface area contributed by atoms with Gasteiger partial charge in [0.25, 0.3) is 5.91 Å². The summed E-state index contributed by atoms with van der Waals surface area (Å²) >= 11 is 3.55. The van der Waals surface area contributed by atoms with E-state index >= 15 is 0 Å². The zero-order chi connectivity index (χ0) is 28.4. The number of carbonyl (C=O) groups is 3. The van der Waals surface area contributed by atoms with Gasteiger partial charge >= 0.3 is 5.97 Å². The number of hydrogen-bond donors (Lipinski definition) is 1. The normalized spacial score (nSPS) is 10.8. The first-order valence-electron chi connectivity index (χ1n) is 12.7. The van der Waals surface area contributed by atoms with Crippen LogP contribution >= 0.6 is 15.9 Å². The van der Waals surface area contributed by atoms with Crippen molar-refractivity contribution in [3.8, 4) is 0 Å². The van der Waals surface area contributed by atoms with E-state index in [9.17, 15) is 14.4 Å². The van der Waals surface area contributed by atoms with Crippen molar-refractivity contribution in [2.75, 3.05) is 16.8 Å². The van der Waals surface area contributed by atoms with Crippen molar-refractivity contribution in [3.63, 3.8) is 0 Å². The summed E-state index contributed by atoms with van der Waals surface area (Å²) in [4.78, 5) is 42.1. The number of para-hydroxylation sites is 2. The first-order chi connectivity index (χ1) is 18.5. The number of fused-ring (bicyclic) bond motifs is 1. The third kappa shape index (κ3) is 5.45. The number of benzene rings is 4. The third-order valence-electron chi connectivity index (χ3n) is 6.73. The molecule has 0 saturated heterocycles. The van der Waals surface area contributed by atoms with Crippen LogP contribution in [0.4, 0.5) is 17.1 Å². The van der Waals surface area contributed by atoms with Crippen LogP contribution in [0.2, 0.25) is 0 Å². The molecule has 0 bridgehead atoms. The number of rotatable bonds is 6. The first kappa shape index (κ1) is 28.0. The quantitative estimate of drug-likeness (QED) is 0.232. The van der Waals surface area contributed by atoms with Crippen LogP contribution < -0.4 is 10.2 Å². The Morgan fingerprint density at radius 3 is 2.00 bits per heavy atom. The highest BCUT2D eigenvalue weighted by Crippen LogP contribution is 2.38. The number of halogens is 1. The van der Waals surface area contributed by atoms with E-state index in [-0.39, 0.29) is 17.7 Å². The summed E-state index contributed by atoms with van der Waals surface area (Å²) < 4.78 is 6.30. The predicted molar refractivity (Wildman–Crippen MR) is 160 cm³/mol. The third-order valence-corrected chi connectivity index (χ3v) is 7.22. The van der Waals surface area contributed by atoms with Gasteiger partial charge < -0.3 is 10.1 Å². The second kappa shape index (κ2) is 11.4. The van der Waals surface area contributed by atoms with Crippen molar-refractivity contribution >= 4 is 61.5 Å².